The molecule has 110 valence electrons. The predicted molar refractivity (Wildman–Crippen MR) is 85.9 cm³/mol. The van der Waals surface area contributed by atoms with Crippen molar-refractivity contribution in [2.45, 2.75) is 13.0 Å². The Labute approximate surface area is 132 Å². The number of carbonyl (C=O) groups excluding carboxylic acids is 1. The van der Waals surface area contributed by atoms with E-state index < -0.39 is 6.10 Å². The van der Waals surface area contributed by atoms with Crippen molar-refractivity contribution in [2.75, 3.05) is 12.4 Å². The van der Waals surface area contributed by atoms with E-state index in [-0.39, 0.29) is 5.91 Å². The minimum Gasteiger partial charge on any atom is -0.497 e. The number of ether oxygens (including phenoxy) is 2. The molecule has 0 bridgehead atoms. The highest BCUT2D eigenvalue weighted by Gasteiger charge is 2.15. The van der Waals surface area contributed by atoms with Crippen LogP contribution in [0, 0.1) is 0 Å². The number of halogens is 1. The minimum absolute atomic E-state index is 0.219. The molecule has 4 nitrogen and oxygen atoms in total. The van der Waals surface area contributed by atoms with Crippen LogP contribution in [-0.2, 0) is 4.79 Å². The smallest absolute Gasteiger partial charge is 0.265 e. The lowest BCUT2D eigenvalue weighted by atomic mass is 10.2. The quantitative estimate of drug-likeness (QED) is 0.891. The molecule has 0 saturated carbocycles. The summed E-state index contributed by atoms with van der Waals surface area (Å²) in [7, 11) is 1.58. The Balaban J connectivity index is 1.99. The minimum atomic E-state index is -0.606. The number of methoxy groups -OCH3 is 1. The van der Waals surface area contributed by atoms with E-state index in [0.29, 0.717) is 17.2 Å². The van der Waals surface area contributed by atoms with Gasteiger partial charge in [-0.15, -0.1) is 0 Å². The van der Waals surface area contributed by atoms with Gasteiger partial charge in [0.05, 0.1) is 7.11 Å². The molecule has 0 radical (unpaired) electrons. The van der Waals surface area contributed by atoms with Gasteiger partial charge >= 0.3 is 0 Å². The first-order valence-corrected chi connectivity index (χ1v) is 7.25. The van der Waals surface area contributed by atoms with E-state index in [0.717, 1.165) is 4.47 Å². The molecule has 2 rings (SSSR count). The van der Waals surface area contributed by atoms with Crippen LogP contribution >= 0.6 is 15.9 Å². The summed E-state index contributed by atoms with van der Waals surface area (Å²) >= 11 is 3.36. The summed E-state index contributed by atoms with van der Waals surface area (Å²) in [6.07, 6.45) is -0.606. The molecule has 0 fully saturated rings. The molecule has 0 aliphatic rings. The average molecular weight is 350 g/mol. The normalized spacial score (nSPS) is 11.6. The first-order valence-electron chi connectivity index (χ1n) is 6.45. The fourth-order valence-corrected chi connectivity index (χ4v) is 2.12. The van der Waals surface area contributed by atoms with Crippen LogP contribution in [0.25, 0.3) is 0 Å². The lowest BCUT2D eigenvalue weighted by Gasteiger charge is -2.15. The van der Waals surface area contributed by atoms with Crippen molar-refractivity contribution in [3.63, 3.8) is 0 Å². The number of nitrogens with one attached hydrogen (secondary N) is 1. The zero-order valence-electron chi connectivity index (χ0n) is 11.8. The van der Waals surface area contributed by atoms with Gasteiger partial charge in [0.15, 0.2) is 6.10 Å². The summed E-state index contributed by atoms with van der Waals surface area (Å²) in [5.41, 5.74) is 0.670. The summed E-state index contributed by atoms with van der Waals surface area (Å²) in [6.45, 7) is 1.70. The Hall–Kier alpha value is -2.01. The Bertz CT molecular complexity index is 630. The summed E-state index contributed by atoms with van der Waals surface area (Å²) in [5, 5.41) is 2.80. The maximum Gasteiger partial charge on any atom is 0.265 e. The number of carbonyl (C=O) groups is 1. The first-order chi connectivity index (χ1) is 10.1. The van der Waals surface area contributed by atoms with Crippen LogP contribution in [0.15, 0.2) is 53.0 Å². The van der Waals surface area contributed by atoms with Gasteiger partial charge in [-0.1, -0.05) is 28.1 Å². The van der Waals surface area contributed by atoms with Gasteiger partial charge in [0.2, 0.25) is 0 Å². The topological polar surface area (TPSA) is 47.6 Å². The average Bonchev–Trinajstić information content (AvgIpc) is 2.47. The molecule has 0 saturated heterocycles. The van der Waals surface area contributed by atoms with E-state index in [1.54, 1.807) is 32.2 Å². The molecule has 2 aromatic carbocycles. The second-order valence-electron chi connectivity index (χ2n) is 4.44. The second-order valence-corrected chi connectivity index (χ2v) is 5.35. The summed E-state index contributed by atoms with van der Waals surface area (Å²) < 4.78 is 11.6. The van der Waals surface area contributed by atoms with E-state index in [4.69, 9.17) is 9.47 Å². The van der Waals surface area contributed by atoms with Gasteiger partial charge in [-0.2, -0.15) is 0 Å². The molecule has 1 amide bonds. The predicted octanol–water partition coefficient (Wildman–Crippen LogP) is 3.86. The highest BCUT2D eigenvalue weighted by Crippen LogP contribution is 2.20. The lowest BCUT2D eigenvalue weighted by Crippen LogP contribution is -2.30. The highest BCUT2D eigenvalue weighted by molar-refractivity contribution is 9.10. The van der Waals surface area contributed by atoms with E-state index in [1.807, 2.05) is 30.3 Å². The fraction of sp³-hybridized carbons (Fsp3) is 0.188. The SMILES string of the molecule is COc1cccc(NC(=O)C(C)Oc2cccc(Br)c2)c1. The van der Waals surface area contributed by atoms with Crippen LogP contribution in [0.2, 0.25) is 0 Å². The van der Waals surface area contributed by atoms with Crippen molar-refractivity contribution in [1.82, 2.24) is 0 Å². The molecule has 0 aliphatic heterocycles. The molecule has 0 aromatic heterocycles. The Morgan fingerprint density at radius 2 is 1.86 bits per heavy atom. The third-order valence-electron chi connectivity index (χ3n) is 2.82. The van der Waals surface area contributed by atoms with Gasteiger partial charge < -0.3 is 14.8 Å². The van der Waals surface area contributed by atoms with Gasteiger partial charge in [-0.3, -0.25) is 4.79 Å². The molecule has 0 heterocycles. The van der Waals surface area contributed by atoms with Crippen LogP contribution in [0.5, 0.6) is 11.5 Å². The molecule has 21 heavy (non-hydrogen) atoms. The Morgan fingerprint density at radius 3 is 2.57 bits per heavy atom. The maximum atomic E-state index is 12.1. The third kappa shape index (κ3) is 4.49. The maximum absolute atomic E-state index is 12.1. The van der Waals surface area contributed by atoms with Crippen molar-refractivity contribution in [2.24, 2.45) is 0 Å². The molecule has 1 atom stereocenters. The fourth-order valence-electron chi connectivity index (χ4n) is 1.74. The molecule has 1 N–H and O–H groups in total. The lowest BCUT2D eigenvalue weighted by molar-refractivity contribution is -0.122. The number of rotatable bonds is 5. The molecular weight excluding hydrogens is 334 g/mol. The van der Waals surface area contributed by atoms with Gasteiger partial charge in [0, 0.05) is 16.2 Å². The van der Waals surface area contributed by atoms with Crippen molar-refractivity contribution >= 4 is 27.5 Å². The van der Waals surface area contributed by atoms with Crippen LogP contribution in [-0.4, -0.2) is 19.1 Å². The molecule has 1 unspecified atom stereocenters. The van der Waals surface area contributed by atoms with E-state index in [1.165, 1.54) is 0 Å². The van der Waals surface area contributed by atoms with Crippen molar-refractivity contribution in [3.8, 4) is 11.5 Å². The summed E-state index contributed by atoms with van der Waals surface area (Å²) in [4.78, 5) is 12.1. The molecule has 5 heteroatoms. The number of amides is 1. The van der Waals surface area contributed by atoms with E-state index in [9.17, 15) is 4.79 Å². The molecule has 2 aromatic rings. The number of hydrogen-bond donors (Lipinski definition) is 1. The Kier molecular flexibility index (Phi) is 5.22. The Morgan fingerprint density at radius 1 is 1.14 bits per heavy atom. The zero-order valence-corrected chi connectivity index (χ0v) is 13.4. The van der Waals surface area contributed by atoms with Gasteiger partial charge in [0.1, 0.15) is 11.5 Å². The largest absolute Gasteiger partial charge is 0.497 e. The number of anilines is 1. The summed E-state index contributed by atoms with van der Waals surface area (Å²) in [5.74, 6) is 1.11. The second kappa shape index (κ2) is 7.13. The first kappa shape index (κ1) is 15.4. The zero-order chi connectivity index (χ0) is 15.2. The van der Waals surface area contributed by atoms with Crippen molar-refractivity contribution in [1.29, 1.82) is 0 Å². The van der Waals surface area contributed by atoms with Gasteiger partial charge in [-0.25, -0.2) is 0 Å². The molecule has 0 spiro atoms. The number of benzene rings is 2. The molecular formula is C16H16BrNO3. The monoisotopic (exact) mass is 349 g/mol. The van der Waals surface area contributed by atoms with Crippen LogP contribution < -0.4 is 14.8 Å². The van der Waals surface area contributed by atoms with Gasteiger partial charge in [0.25, 0.3) is 5.91 Å². The van der Waals surface area contributed by atoms with Crippen molar-refractivity contribution < 1.29 is 14.3 Å². The third-order valence-corrected chi connectivity index (χ3v) is 3.31. The standard InChI is InChI=1S/C16H16BrNO3/c1-11(21-15-8-3-5-12(17)9-15)16(19)18-13-6-4-7-14(10-13)20-2/h3-11H,1-2H3,(H,18,19). The van der Waals surface area contributed by atoms with E-state index in [2.05, 4.69) is 21.2 Å². The van der Waals surface area contributed by atoms with E-state index >= 15 is 0 Å². The highest BCUT2D eigenvalue weighted by atomic mass is 79.9. The van der Waals surface area contributed by atoms with Crippen LogP contribution in [0.4, 0.5) is 5.69 Å². The molecule has 0 aliphatic carbocycles. The van der Waals surface area contributed by atoms with Crippen LogP contribution in [0.1, 0.15) is 6.92 Å². The van der Waals surface area contributed by atoms with Crippen LogP contribution in [0.3, 0.4) is 0 Å². The number of hydrogen-bond acceptors (Lipinski definition) is 3. The van der Waals surface area contributed by atoms with Crippen molar-refractivity contribution in [3.05, 3.63) is 53.0 Å². The van der Waals surface area contributed by atoms with Gasteiger partial charge in [-0.05, 0) is 37.3 Å². The summed E-state index contributed by atoms with van der Waals surface area (Å²) in [6, 6.07) is 14.6.